The van der Waals surface area contributed by atoms with E-state index in [1.54, 1.807) is 41.3 Å². The predicted octanol–water partition coefficient (Wildman–Crippen LogP) is 5.14. The number of hydrogen-bond acceptors (Lipinski definition) is 8. The topological polar surface area (TPSA) is 105 Å². The van der Waals surface area contributed by atoms with Crippen molar-refractivity contribution in [2.45, 2.75) is 18.6 Å². The second-order valence-corrected chi connectivity index (χ2v) is 9.57. The third-order valence-corrected chi connectivity index (χ3v) is 7.42. The lowest BCUT2D eigenvalue weighted by Crippen LogP contribution is -2.45. The number of esters is 1. The van der Waals surface area contributed by atoms with Crippen LogP contribution in [-0.4, -0.2) is 51.6 Å². The van der Waals surface area contributed by atoms with Crippen molar-refractivity contribution < 1.29 is 38.0 Å². The van der Waals surface area contributed by atoms with Crippen LogP contribution in [0.1, 0.15) is 39.2 Å². The highest BCUT2D eigenvalue weighted by atomic mass is 35.5. The van der Waals surface area contributed by atoms with Crippen molar-refractivity contribution in [1.29, 1.82) is 0 Å². The summed E-state index contributed by atoms with van der Waals surface area (Å²) in [4.78, 5) is 28.7. The van der Waals surface area contributed by atoms with Gasteiger partial charge >= 0.3 is 12.0 Å². The molecule has 0 fully saturated rings. The molecule has 11 heteroatoms. The second kappa shape index (κ2) is 9.77. The Hall–Kier alpha value is -4.31. The van der Waals surface area contributed by atoms with E-state index in [0.717, 1.165) is 5.56 Å². The van der Waals surface area contributed by atoms with E-state index in [0.29, 0.717) is 57.8 Å². The molecule has 1 N–H and O–H groups in total. The lowest BCUT2D eigenvalue weighted by Gasteiger charge is -2.40. The van der Waals surface area contributed by atoms with Crippen molar-refractivity contribution in [3.63, 3.8) is 0 Å². The fraction of sp³-hybridized carbons (Fsp3) is 0.286. The van der Waals surface area contributed by atoms with Gasteiger partial charge in [-0.2, -0.15) is 0 Å². The van der Waals surface area contributed by atoms with E-state index in [1.807, 2.05) is 6.07 Å². The van der Waals surface area contributed by atoms with Gasteiger partial charge in [0, 0.05) is 28.4 Å². The standard InChI is InChI=1S/C28H25ClN2O8/c1-34-18-9-8-17-21(24(18)35-2)27(32)39-23(17)22-20-14(12-19-25(26(20)36-3)38-13-37-19)10-11-31(22)28(33)30-16-6-4-15(29)5-7-16/h4-9,12,22-23H,10-11,13H2,1-3H3,(H,30,33). The minimum atomic E-state index is -0.864. The minimum Gasteiger partial charge on any atom is -0.493 e. The fourth-order valence-corrected chi connectivity index (χ4v) is 5.61. The van der Waals surface area contributed by atoms with Crippen LogP contribution in [0.5, 0.6) is 28.7 Å². The molecule has 0 aromatic heterocycles. The molecule has 3 aromatic carbocycles. The first-order chi connectivity index (χ1) is 18.9. The molecule has 0 aliphatic carbocycles. The maximum Gasteiger partial charge on any atom is 0.343 e. The number of rotatable bonds is 5. The van der Waals surface area contributed by atoms with Gasteiger partial charge < -0.3 is 38.6 Å². The monoisotopic (exact) mass is 552 g/mol. The van der Waals surface area contributed by atoms with Crippen molar-refractivity contribution >= 4 is 29.3 Å². The Kier molecular flexibility index (Phi) is 6.26. The van der Waals surface area contributed by atoms with E-state index < -0.39 is 18.1 Å². The van der Waals surface area contributed by atoms with E-state index in [-0.39, 0.29) is 24.1 Å². The minimum absolute atomic E-state index is 0.0538. The lowest BCUT2D eigenvalue weighted by molar-refractivity contribution is 0.0123. The number of benzene rings is 3. The predicted molar refractivity (Wildman–Crippen MR) is 140 cm³/mol. The number of cyclic esters (lactones) is 1. The first-order valence-corrected chi connectivity index (χ1v) is 12.6. The van der Waals surface area contributed by atoms with Crippen molar-refractivity contribution in [2.75, 3.05) is 40.0 Å². The van der Waals surface area contributed by atoms with E-state index in [1.165, 1.54) is 21.3 Å². The average Bonchev–Trinajstić information content (AvgIpc) is 3.55. The third-order valence-electron chi connectivity index (χ3n) is 7.17. The van der Waals surface area contributed by atoms with Crippen LogP contribution in [0, 0.1) is 0 Å². The first-order valence-electron chi connectivity index (χ1n) is 12.2. The lowest BCUT2D eigenvalue weighted by atomic mass is 9.85. The molecule has 0 spiro atoms. The molecule has 3 aromatic rings. The smallest absolute Gasteiger partial charge is 0.343 e. The number of halogens is 1. The van der Waals surface area contributed by atoms with Gasteiger partial charge in [0.15, 0.2) is 29.1 Å². The largest absolute Gasteiger partial charge is 0.493 e. The molecule has 3 aliphatic heterocycles. The molecule has 10 nitrogen and oxygen atoms in total. The highest BCUT2D eigenvalue weighted by Gasteiger charge is 2.48. The summed E-state index contributed by atoms with van der Waals surface area (Å²) in [5.41, 5.74) is 2.98. The number of hydrogen-bond donors (Lipinski definition) is 1. The van der Waals surface area contributed by atoms with Gasteiger partial charge in [-0.3, -0.25) is 0 Å². The molecule has 2 unspecified atom stereocenters. The summed E-state index contributed by atoms with van der Waals surface area (Å²) in [5.74, 6) is 1.54. The van der Waals surface area contributed by atoms with E-state index in [9.17, 15) is 9.59 Å². The van der Waals surface area contributed by atoms with Crippen molar-refractivity contribution in [1.82, 2.24) is 4.90 Å². The third kappa shape index (κ3) is 4.02. The van der Waals surface area contributed by atoms with E-state index in [4.69, 9.17) is 40.0 Å². The number of amides is 2. The molecule has 202 valence electrons. The molecule has 0 saturated carbocycles. The number of urea groups is 1. The van der Waals surface area contributed by atoms with Crippen molar-refractivity contribution in [3.05, 3.63) is 69.7 Å². The summed E-state index contributed by atoms with van der Waals surface area (Å²) in [7, 11) is 4.49. The van der Waals surface area contributed by atoms with Crippen LogP contribution in [0.15, 0.2) is 42.5 Å². The number of nitrogens with zero attached hydrogens (tertiary/aromatic N) is 1. The molecule has 2 atom stereocenters. The summed E-state index contributed by atoms with van der Waals surface area (Å²) >= 11 is 6.02. The number of carbonyl (C=O) groups excluding carboxylic acids is 2. The second-order valence-electron chi connectivity index (χ2n) is 9.13. The summed E-state index contributed by atoms with van der Waals surface area (Å²) in [6, 6.07) is 11.1. The van der Waals surface area contributed by atoms with Crippen LogP contribution in [0.25, 0.3) is 0 Å². The van der Waals surface area contributed by atoms with Gasteiger partial charge in [-0.25, -0.2) is 9.59 Å². The SMILES string of the molecule is COc1ccc2c(c1OC)C(=O)OC2C1c2c(cc3c(c2OC)OCO3)CCN1C(=O)Nc1ccc(Cl)cc1. The summed E-state index contributed by atoms with van der Waals surface area (Å²) in [6.45, 7) is 0.398. The van der Waals surface area contributed by atoms with Gasteiger partial charge in [0.25, 0.3) is 0 Å². The van der Waals surface area contributed by atoms with Crippen LogP contribution in [0.3, 0.4) is 0 Å². The van der Waals surface area contributed by atoms with Crippen LogP contribution in [0.2, 0.25) is 5.02 Å². The number of ether oxygens (including phenoxy) is 6. The number of methoxy groups -OCH3 is 3. The number of nitrogens with one attached hydrogen (secondary N) is 1. The maximum absolute atomic E-state index is 13.8. The Morgan fingerprint density at radius 1 is 1.03 bits per heavy atom. The van der Waals surface area contributed by atoms with E-state index in [2.05, 4.69) is 5.32 Å². The molecule has 0 saturated heterocycles. The molecule has 0 bridgehead atoms. The van der Waals surface area contributed by atoms with Gasteiger partial charge in [0.05, 0.1) is 21.3 Å². The zero-order valence-corrected chi connectivity index (χ0v) is 22.2. The van der Waals surface area contributed by atoms with Crippen molar-refractivity contribution in [3.8, 4) is 28.7 Å². The van der Waals surface area contributed by atoms with Gasteiger partial charge in [-0.15, -0.1) is 0 Å². The number of fused-ring (bicyclic) bond motifs is 3. The number of anilines is 1. The highest BCUT2D eigenvalue weighted by molar-refractivity contribution is 6.30. The highest BCUT2D eigenvalue weighted by Crippen LogP contribution is 2.55. The quantitative estimate of drug-likeness (QED) is 0.434. The Bertz CT molecular complexity index is 1480. The van der Waals surface area contributed by atoms with Crippen LogP contribution in [-0.2, 0) is 11.2 Å². The molecule has 39 heavy (non-hydrogen) atoms. The summed E-state index contributed by atoms with van der Waals surface area (Å²) in [5, 5.41) is 3.49. The molecule has 3 heterocycles. The Labute approximate surface area is 229 Å². The fourth-order valence-electron chi connectivity index (χ4n) is 5.48. The molecule has 0 radical (unpaired) electrons. The van der Waals surface area contributed by atoms with Crippen LogP contribution >= 0.6 is 11.6 Å². The Morgan fingerprint density at radius 2 is 1.79 bits per heavy atom. The van der Waals surface area contributed by atoms with Gasteiger partial charge in [0.2, 0.25) is 12.5 Å². The van der Waals surface area contributed by atoms with Crippen molar-refractivity contribution in [2.24, 2.45) is 0 Å². The summed E-state index contributed by atoms with van der Waals surface area (Å²) in [6.07, 6.45) is -0.344. The van der Waals surface area contributed by atoms with E-state index >= 15 is 0 Å². The first kappa shape index (κ1) is 25.0. The summed E-state index contributed by atoms with van der Waals surface area (Å²) < 4.78 is 34.1. The van der Waals surface area contributed by atoms with Gasteiger partial charge in [-0.1, -0.05) is 17.7 Å². The van der Waals surface area contributed by atoms with Crippen LogP contribution < -0.4 is 29.0 Å². The molecule has 6 rings (SSSR count). The zero-order chi connectivity index (χ0) is 27.3. The van der Waals surface area contributed by atoms with Crippen LogP contribution in [0.4, 0.5) is 10.5 Å². The Morgan fingerprint density at radius 3 is 2.51 bits per heavy atom. The molecular formula is C28H25ClN2O8. The molecular weight excluding hydrogens is 528 g/mol. The maximum atomic E-state index is 13.8. The number of carbonyl (C=O) groups is 2. The normalized spacial score (nSPS) is 18.7. The molecule has 2 amide bonds. The van der Waals surface area contributed by atoms with Gasteiger partial charge in [0.1, 0.15) is 11.6 Å². The Balaban J connectivity index is 1.50. The molecule has 3 aliphatic rings. The zero-order valence-electron chi connectivity index (χ0n) is 21.4. The van der Waals surface area contributed by atoms with Gasteiger partial charge in [-0.05, 0) is 48.4 Å². The average molecular weight is 553 g/mol.